The minimum absolute atomic E-state index is 0.320. The summed E-state index contributed by atoms with van der Waals surface area (Å²) in [5.41, 5.74) is 6.07. The van der Waals surface area contributed by atoms with E-state index >= 15 is 0 Å². The van der Waals surface area contributed by atoms with Crippen molar-refractivity contribution in [2.45, 2.75) is 33.6 Å². The Hall–Kier alpha value is -2.96. The number of aryl methyl sites for hydroxylation is 2. The number of aromatic nitrogens is 5. The van der Waals surface area contributed by atoms with Crippen molar-refractivity contribution in [1.82, 2.24) is 24.5 Å². The Morgan fingerprint density at radius 1 is 1.24 bits per heavy atom. The molecule has 128 valence electrons. The maximum atomic E-state index is 12.3. The molecule has 0 radical (unpaired) electrons. The molecule has 7 nitrogen and oxygen atoms in total. The molecule has 0 N–H and O–H groups in total. The third-order valence-electron chi connectivity index (χ3n) is 4.47. The van der Waals surface area contributed by atoms with Gasteiger partial charge in [-0.05, 0) is 38.0 Å². The Kier molecular flexibility index (Phi) is 3.63. The fraction of sp³-hybridized carbons (Fsp3) is 0.333. The minimum atomic E-state index is -0.399. The van der Waals surface area contributed by atoms with Gasteiger partial charge in [0.05, 0.1) is 35.1 Å². The molecule has 0 unspecified atom stereocenters. The first-order valence-electron chi connectivity index (χ1n) is 8.42. The van der Waals surface area contributed by atoms with E-state index in [0.29, 0.717) is 18.7 Å². The molecule has 4 rings (SSSR count). The van der Waals surface area contributed by atoms with Crippen LogP contribution in [0.1, 0.15) is 47.0 Å². The summed E-state index contributed by atoms with van der Waals surface area (Å²) in [6.07, 6.45) is 2.98. The van der Waals surface area contributed by atoms with Crippen LogP contribution in [0.2, 0.25) is 0 Å². The highest BCUT2D eigenvalue weighted by Crippen LogP contribution is 2.30. The number of carbonyl (C=O) groups is 1. The Bertz CT molecular complexity index is 970. The third kappa shape index (κ3) is 2.34. The van der Waals surface area contributed by atoms with Gasteiger partial charge in [0, 0.05) is 6.42 Å². The molecule has 0 saturated heterocycles. The summed E-state index contributed by atoms with van der Waals surface area (Å²) < 4.78 is 9.01. The lowest BCUT2D eigenvalue weighted by Gasteiger charge is -2.10. The van der Waals surface area contributed by atoms with E-state index in [0.717, 1.165) is 40.4 Å². The predicted octanol–water partition coefficient (Wildman–Crippen LogP) is 2.40. The number of imidazole rings is 1. The molecule has 25 heavy (non-hydrogen) atoms. The second kappa shape index (κ2) is 5.84. The number of carbonyl (C=O) groups excluding carboxylic acids is 1. The Morgan fingerprint density at radius 2 is 2.08 bits per heavy atom. The molecule has 3 heterocycles. The Balaban J connectivity index is 1.99. The Morgan fingerprint density at radius 3 is 2.84 bits per heavy atom. The van der Waals surface area contributed by atoms with Crippen molar-refractivity contribution >= 4 is 5.97 Å². The summed E-state index contributed by atoms with van der Waals surface area (Å²) in [7, 11) is 0. The van der Waals surface area contributed by atoms with Crippen LogP contribution in [-0.4, -0.2) is 37.1 Å². The minimum Gasteiger partial charge on any atom is -0.461 e. The molecule has 2 aromatic heterocycles. The quantitative estimate of drug-likeness (QED) is 0.537. The highest BCUT2D eigenvalue weighted by Gasteiger charge is 2.28. The number of ether oxygens (including phenoxy) is 1. The van der Waals surface area contributed by atoms with E-state index in [1.165, 1.54) is 0 Å². The van der Waals surface area contributed by atoms with Crippen LogP contribution >= 0.6 is 0 Å². The van der Waals surface area contributed by atoms with E-state index in [4.69, 9.17) is 4.74 Å². The first-order valence-corrected chi connectivity index (χ1v) is 8.42. The molecule has 0 aliphatic carbocycles. The fourth-order valence-electron chi connectivity index (χ4n) is 3.26. The van der Waals surface area contributed by atoms with Gasteiger partial charge in [0.15, 0.2) is 5.69 Å². The van der Waals surface area contributed by atoms with E-state index in [1.54, 1.807) is 13.3 Å². The lowest BCUT2D eigenvalue weighted by Crippen LogP contribution is -2.10. The van der Waals surface area contributed by atoms with Gasteiger partial charge >= 0.3 is 5.97 Å². The van der Waals surface area contributed by atoms with Crippen LogP contribution in [0.4, 0.5) is 0 Å². The molecular formula is C18H19N5O2. The number of hydrogen-bond donors (Lipinski definition) is 0. The number of fused-ring (bicyclic) bond motifs is 5. The highest BCUT2D eigenvalue weighted by molar-refractivity contribution is 5.89. The maximum Gasteiger partial charge on any atom is 0.358 e. The van der Waals surface area contributed by atoms with Gasteiger partial charge in [-0.3, -0.25) is 4.57 Å². The molecule has 0 spiro atoms. The normalized spacial score (nSPS) is 12.1. The van der Waals surface area contributed by atoms with Crippen molar-refractivity contribution in [3.05, 3.63) is 52.9 Å². The first-order chi connectivity index (χ1) is 12.1. The molecule has 0 atom stereocenters. The topological polar surface area (TPSA) is 74.8 Å². The highest BCUT2D eigenvalue weighted by atomic mass is 16.5. The summed E-state index contributed by atoms with van der Waals surface area (Å²) >= 11 is 0. The molecular weight excluding hydrogens is 318 g/mol. The zero-order valence-corrected chi connectivity index (χ0v) is 14.5. The number of hydrogen-bond acceptors (Lipinski definition) is 5. The largest absolute Gasteiger partial charge is 0.461 e. The van der Waals surface area contributed by atoms with E-state index in [2.05, 4.69) is 28.3 Å². The Labute approximate surface area is 145 Å². The van der Waals surface area contributed by atoms with E-state index in [9.17, 15) is 4.79 Å². The van der Waals surface area contributed by atoms with Crippen LogP contribution in [0.5, 0.6) is 0 Å². The van der Waals surface area contributed by atoms with Gasteiger partial charge in [-0.15, -0.1) is 5.10 Å². The smallest absolute Gasteiger partial charge is 0.358 e. The maximum absolute atomic E-state index is 12.3. The van der Waals surface area contributed by atoms with Crippen LogP contribution in [0.25, 0.3) is 11.4 Å². The molecule has 3 aromatic rings. The molecule has 0 bridgehead atoms. The summed E-state index contributed by atoms with van der Waals surface area (Å²) in [6.45, 7) is 6.21. The van der Waals surface area contributed by atoms with E-state index in [-0.39, 0.29) is 0 Å². The van der Waals surface area contributed by atoms with Gasteiger partial charge in [0.2, 0.25) is 0 Å². The van der Waals surface area contributed by atoms with Crippen molar-refractivity contribution in [3.8, 4) is 11.4 Å². The standard InChI is InChI=1S/C18H19N5O2/c1-4-12-14-9-16-17(18(24)25-5-2)19-10-22(16)13-7-6-11(3)8-15(13)23(14)21-20-12/h6-8,10H,4-5,9H2,1-3H3. The van der Waals surface area contributed by atoms with E-state index < -0.39 is 5.97 Å². The lowest BCUT2D eigenvalue weighted by molar-refractivity contribution is 0.0519. The van der Waals surface area contributed by atoms with Crippen molar-refractivity contribution in [2.24, 2.45) is 0 Å². The molecule has 1 aliphatic rings. The van der Waals surface area contributed by atoms with Crippen molar-refractivity contribution in [3.63, 3.8) is 0 Å². The van der Waals surface area contributed by atoms with Crippen LogP contribution in [-0.2, 0) is 17.6 Å². The van der Waals surface area contributed by atoms with Crippen LogP contribution in [0.15, 0.2) is 24.5 Å². The lowest BCUT2D eigenvalue weighted by atomic mass is 10.1. The molecule has 1 aliphatic heterocycles. The molecule has 0 fully saturated rings. The van der Waals surface area contributed by atoms with Crippen molar-refractivity contribution in [1.29, 1.82) is 0 Å². The van der Waals surface area contributed by atoms with Gasteiger partial charge in [0.1, 0.15) is 6.33 Å². The molecule has 0 saturated carbocycles. The van der Waals surface area contributed by atoms with E-state index in [1.807, 2.05) is 28.3 Å². The van der Waals surface area contributed by atoms with Gasteiger partial charge in [-0.2, -0.15) is 0 Å². The molecule has 7 heteroatoms. The number of nitrogens with zero attached hydrogens (tertiary/aromatic N) is 5. The average Bonchev–Trinajstić information content (AvgIpc) is 3.17. The number of benzene rings is 1. The summed E-state index contributed by atoms with van der Waals surface area (Å²) in [5, 5.41) is 8.68. The van der Waals surface area contributed by atoms with Crippen LogP contribution in [0, 0.1) is 6.92 Å². The molecule has 0 amide bonds. The first kappa shape index (κ1) is 15.6. The summed E-state index contributed by atoms with van der Waals surface area (Å²) in [5.74, 6) is -0.399. The SMILES string of the molecule is CCOC(=O)c1ncn2c1Cc1c(CC)nnn1-c1cc(C)ccc1-2. The predicted molar refractivity (Wildman–Crippen MR) is 91.4 cm³/mol. The fourth-order valence-corrected chi connectivity index (χ4v) is 3.26. The van der Waals surface area contributed by atoms with Gasteiger partial charge in [-0.25, -0.2) is 14.5 Å². The summed E-state index contributed by atoms with van der Waals surface area (Å²) in [6, 6.07) is 6.13. The zero-order valence-electron chi connectivity index (χ0n) is 14.5. The number of esters is 1. The second-order valence-electron chi connectivity index (χ2n) is 6.05. The van der Waals surface area contributed by atoms with Crippen molar-refractivity contribution in [2.75, 3.05) is 6.61 Å². The van der Waals surface area contributed by atoms with Gasteiger partial charge in [-0.1, -0.05) is 18.2 Å². The monoisotopic (exact) mass is 337 g/mol. The molecule has 1 aromatic carbocycles. The van der Waals surface area contributed by atoms with Gasteiger partial charge in [0.25, 0.3) is 0 Å². The number of rotatable bonds is 3. The van der Waals surface area contributed by atoms with Crippen LogP contribution < -0.4 is 0 Å². The third-order valence-corrected chi connectivity index (χ3v) is 4.47. The second-order valence-corrected chi connectivity index (χ2v) is 6.05. The van der Waals surface area contributed by atoms with Crippen LogP contribution in [0.3, 0.4) is 0 Å². The zero-order chi connectivity index (χ0) is 17.6. The average molecular weight is 337 g/mol. The summed E-state index contributed by atoms with van der Waals surface area (Å²) in [4.78, 5) is 16.7. The van der Waals surface area contributed by atoms with Gasteiger partial charge < -0.3 is 4.74 Å². The van der Waals surface area contributed by atoms with Crippen molar-refractivity contribution < 1.29 is 9.53 Å².